The maximum atomic E-state index is 13.9. The van der Waals surface area contributed by atoms with Crippen LogP contribution in [0.2, 0.25) is 5.02 Å². The molecule has 1 unspecified atom stereocenters. The van der Waals surface area contributed by atoms with E-state index >= 15 is 0 Å². The first-order valence-electron chi connectivity index (χ1n) is 13.1. The minimum atomic E-state index is -0.445. The van der Waals surface area contributed by atoms with Crippen molar-refractivity contribution >= 4 is 41.0 Å². The Morgan fingerprint density at radius 2 is 1.66 bits per heavy atom. The average Bonchev–Trinajstić information content (AvgIpc) is 3.27. The molecule has 1 N–H and O–H groups in total. The van der Waals surface area contributed by atoms with E-state index in [4.69, 9.17) is 16.7 Å². The number of nitrogens with one attached hydrogen (secondary N) is 1. The van der Waals surface area contributed by atoms with Gasteiger partial charge in [-0.05, 0) is 53.6 Å². The van der Waals surface area contributed by atoms with Gasteiger partial charge in [0.1, 0.15) is 24.0 Å². The molecule has 1 aliphatic rings. The number of carbonyl (C=O) groups excluding carboxylic acids is 2. The summed E-state index contributed by atoms with van der Waals surface area (Å²) in [6.45, 7) is 6.01. The highest BCUT2D eigenvalue weighted by molar-refractivity contribution is 8.00. The minimum Gasteiger partial charge on any atom is -0.350 e. The van der Waals surface area contributed by atoms with Crippen molar-refractivity contribution in [3.8, 4) is 5.69 Å². The van der Waals surface area contributed by atoms with E-state index in [1.165, 1.54) is 40.9 Å². The molecule has 2 amide bonds. The summed E-state index contributed by atoms with van der Waals surface area (Å²) < 4.78 is 28.8. The van der Waals surface area contributed by atoms with Crippen LogP contribution in [0.4, 0.5) is 14.6 Å². The van der Waals surface area contributed by atoms with Crippen molar-refractivity contribution in [2.75, 3.05) is 17.2 Å². The quantitative estimate of drug-likeness (QED) is 0.274. The van der Waals surface area contributed by atoms with Crippen molar-refractivity contribution in [2.45, 2.75) is 38.0 Å². The van der Waals surface area contributed by atoms with Crippen molar-refractivity contribution in [3.63, 3.8) is 0 Å². The molecule has 0 radical (unpaired) electrons. The van der Waals surface area contributed by atoms with Gasteiger partial charge >= 0.3 is 0 Å². The summed E-state index contributed by atoms with van der Waals surface area (Å²) in [6, 6.07) is 19.2. The van der Waals surface area contributed by atoms with Crippen LogP contribution in [0.15, 0.2) is 72.8 Å². The van der Waals surface area contributed by atoms with Crippen LogP contribution >= 0.6 is 23.4 Å². The zero-order chi connectivity index (χ0) is 29.3. The summed E-state index contributed by atoms with van der Waals surface area (Å²) in [6.07, 6.45) is 0. The van der Waals surface area contributed by atoms with Gasteiger partial charge in [-0.2, -0.15) is 5.10 Å². The van der Waals surface area contributed by atoms with Crippen LogP contribution in [0.25, 0.3) is 5.69 Å². The van der Waals surface area contributed by atoms with Crippen LogP contribution in [0.1, 0.15) is 48.4 Å². The molecule has 212 valence electrons. The fourth-order valence-corrected chi connectivity index (χ4v) is 6.31. The van der Waals surface area contributed by atoms with Gasteiger partial charge in [-0.1, -0.05) is 62.7 Å². The molecule has 0 fully saturated rings. The Morgan fingerprint density at radius 1 is 1.02 bits per heavy atom. The van der Waals surface area contributed by atoms with Gasteiger partial charge in [-0.25, -0.2) is 13.5 Å². The third-order valence-electron chi connectivity index (χ3n) is 6.76. The highest BCUT2D eigenvalue weighted by Crippen LogP contribution is 2.49. The number of aromatic nitrogens is 2. The fourth-order valence-electron chi connectivity index (χ4n) is 4.77. The van der Waals surface area contributed by atoms with Crippen molar-refractivity contribution in [1.29, 1.82) is 0 Å². The maximum Gasteiger partial charge on any atom is 0.240 e. The molecule has 5 rings (SSSR count). The highest BCUT2D eigenvalue weighted by Gasteiger charge is 2.40. The zero-order valence-electron chi connectivity index (χ0n) is 22.8. The Hall–Kier alpha value is -3.69. The third kappa shape index (κ3) is 6.16. The van der Waals surface area contributed by atoms with Gasteiger partial charge < -0.3 is 5.32 Å². The van der Waals surface area contributed by atoms with E-state index in [0.29, 0.717) is 16.5 Å². The number of rotatable bonds is 6. The summed E-state index contributed by atoms with van der Waals surface area (Å²) in [5, 5.41) is 8.02. The first-order chi connectivity index (χ1) is 19.5. The molecule has 6 nitrogen and oxygen atoms in total. The van der Waals surface area contributed by atoms with Crippen molar-refractivity contribution in [1.82, 2.24) is 15.1 Å². The standard InChI is InChI=1S/C31H29ClF2N4O2S/c1-31(2,3)29-27-28(23-6-4-5-7-24(23)32)41-18-26(40)37(17-25(39)35-16-19-8-10-20(33)11-9-19)30(27)38(36-29)22-14-12-21(34)13-15-22/h4-15,28H,16-18H2,1-3H3,(H,35,39). The lowest BCUT2D eigenvalue weighted by Gasteiger charge is -2.25. The second-order valence-electron chi connectivity index (χ2n) is 10.8. The second kappa shape index (κ2) is 11.7. The maximum absolute atomic E-state index is 13.9. The van der Waals surface area contributed by atoms with Gasteiger partial charge in [0.25, 0.3) is 0 Å². The molecule has 0 aliphatic carbocycles. The van der Waals surface area contributed by atoms with Crippen molar-refractivity contribution in [2.24, 2.45) is 0 Å². The van der Waals surface area contributed by atoms with Crippen LogP contribution in [-0.4, -0.2) is 33.9 Å². The van der Waals surface area contributed by atoms with E-state index < -0.39 is 11.2 Å². The number of thioether (sulfide) groups is 1. The Morgan fingerprint density at radius 3 is 2.29 bits per heavy atom. The van der Waals surface area contributed by atoms with Gasteiger partial charge in [0.2, 0.25) is 11.8 Å². The van der Waals surface area contributed by atoms with Gasteiger partial charge in [0, 0.05) is 22.5 Å². The third-order valence-corrected chi connectivity index (χ3v) is 8.34. The second-order valence-corrected chi connectivity index (χ2v) is 12.3. The number of fused-ring (bicyclic) bond motifs is 1. The SMILES string of the molecule is CC(C)(C)c1nn(-c2ccc(F)cc2)c2c1C(c1ccccc1Cl)SCC(=O)N2CC(=O)NCc1ccc(F)cc1. The van der Waals surface area contributed by atoms with Crippen LogP contribution in [-0.2, 0) is 21.5 Å². The average molecular weight is 595 g/mol. The number of benzene rings is 3. The first kappa shape index (κ1) is 28.8. The number of halogens is 3. The number of nitrogens with zero attached hydrogens (tertiary/aromatic N) is 3. The molecule has 0 bridgehead atoms. The smallest absolute Gasteiger partial charge is 0.240 e. The van der Waals surface area contributed by atoms with Crippen LogP contribution in [0.5, 0.6) is 0 Å². The number of amides is 2. The molecular weight excluding hydrogens is 566 g/mol. The molecule has 1 aliphatic heterocycles. The number of hydrogen-bond acceptors (Lipinski definition) is 4. The molecule has 41 heavy (non-hydrogen) atoms. The van der Waals surface area contributed by atoms with E-state index in [1.807, 2.05) is 45.0 Å². The summed E-state index contributed by atoms with van der Waals surface area (Å²) in [5.41, 5.74) is 3.17. The Labute approximate surface area is 246 Å². The van der Waals surface area contributed by atoms with E-state index in [0.717, 1.165) is 22.4 Å². The normalized spacial score (nSPS) is 15.4. The highest BCUT2D eigenvalue weighted by atomic mass is 35.5. The summed E-state index contributed by atoms with van der Waals surface area (Å²) in [5.74, 6) is -0.885. The predicted molar refractivity (Wildman–Crippen MR) is 159 cm³/mol. The molecule has 0 saturated heterocycles. The summed E-state index contributed by atoms with van der Waals surface area (Å²) in [4.78, 5) is 28.4. The molecular formula is C31H29ClF2N4O2S. The lowest BCUT2D eigenvalue weighted by molar-refractivity contribution is -0.123. The minimum absolute atomic E-state index is 0.100. The Balaban J connectivity index is 1.64. The molecule has 3 aromatic carbocycles. The van der Waals surface area contributed by atoms with E-state index in [2.05, 4.69) is 5.32 Å². The number of hydrogen-bond donors (Lipinski definition) is 1. The number of anilines is 1. The Bertz CT molecular complexity index is 1580. The largest absolute Gasteiger partial charge is 0.350 e. The van der Waals surface area contributed by atoms with Crippen LogP contribution < -0.4 is 10.2 Å². The van der Waals surface area contributed by atoms with E-state index in [-0.39, 0.29) is 41.7 Å². The molecule has 4 aromatic rings. The first-order valence-corrected chi connectivity index (χ1v) is 14.5. The van der Waals surface area contributed by atoms with E-state index in [9.17, 15) is 18.4 Å². The molecule has 10 heteroatoms. The van der Waals surface area contributed by atoms with Crippen molar-refractivity contribution in [3.05, 3.63) is 112 Å². The predicted octanol–water partition coefficient (Wildman–Crippen LogP) is 6.59. The number of carbonyl (C=O) groups is 2. The molecule has 1 aromatic heterocycles. The van der Waals surface area contributed by atoms with Gasteiger partial charge in [-0.15, -0.1) is 11.8 Å². The monoisotopic (exact) mass is 594 g/mol. The zero-order valence-corrected chi connectivity index (χ0v) is 24.4. The topological polar surface area (TPSA) is 67.2 Å². The molecule has 0 saturated carbocycles. The lowest BCUT2D eigenvalue weighted by atomic mass is 9.87. The summed E-state index contributed by atoms with van der Waals surface area (Å²) in [7, 11) is 0. The van der Waals surface area contributed by atoms with E-state index in [1.54, 1.807) is 28.9 Å². The molecule has 1 atom stereocenters. The lowest BCUT2D eigenvalue weighted by Crippen LogP contribution is -2.42. The van der Waals surface area contributed by atoms with Gasteiger partial charge in [0.05, 0.1) is 22.4 Å². The van der Waals surface area contributed by atoms with Crippen LogP contribution in [0.3, 0.4) is 0 Å². The molecule has 2 heterocycles. The van der Waals surface area contributed by atoms with Gasteiger partial charge in [-0.3, -0.25) is 14.5 Å². The van der Waals surface area contributed by atoms with Crippen molar-refractivity contribution < 1.29 is 18.4 Å². The molecule has 0 spiro atoms. The van der Waals surface area contributed by atoms with Crippen LogP contribution in [0, 0.1) is 11.6 Å². The summed E-state index contributed by atoms with van der Waals surface area (Å²) >= 11 is 8.11. The Kier molecular flexibility index (Phi) is 8.20. The fraction of sp³-hybridized carbons (Fsp3) is 0.258. The van der Waals surface area contributed by atoms with Gasteiger partial charge in [0.15, 0.2) is 0 Å².